The topological polar surface area (TPSA) is 84.0 Å². The lowest BCUT2D eigenvalue weighted by Crippen LogP contribution is -2.14. The van der Waals surface area contributed by atoms with Gasteiger partial charge in [0.1, 0.15) is 5.82 Å². The van der Waals surface area contributed by atoms with E-state index in [1.807, 2.05) is 31.2 Å². The molecule has 6 nitrogen and oxygen atoms in total. The minimum Gasteiger partial charge on any atom is -0.339 e. The van der Waals surface area contributed by atoms with Gasteiger partial charge < -0.3 is 5.32 Å². The molecule has 8 heteroatoms. The van der Waals surface area contributed by atoms with E-state index in [0.29, 0.717) is 5.82 Å². The Hall–Kier alpha value is -3.00. The Kier molecular flexibility index (Phi) is 4.85. The summed E-state index contributed by atoms with van der Waals surface area (Å²) in [6.45, 7) is 3.49. The molecule has 26 heavy (non-hydrogen) atoms. The van der Waals surface area contributed by atoms with Gasteiger partial charge in [0.25, 0.3) is 10.0 Å². The average Bonchev–Trinajstić information content (AvgIpc) is 2.61. The van der Waals surface area contributed by atoms with Crippen LogP contribution in [0.5, 0.6) is 0 Å². The molecule has 0 aliphatic rings. The fraction of sp³-hybridized carbons (Fsp3) is 0.111. The lowest BCUT2D eigenvalue weighted by molar-refractivity contribution is 0.598. The van der Waals surface area contributed by atoms with Gasteiger partial charge >= 0.3 is 0 Å². The maximum absolute atomic E-state index is 13.3. The number of anilines is 3. The molecule has 0 amide bonds. The Morgan fingerprint density at radius 1 is 0.885 bits per heavy atom. The first kappa shape index (κ1) is 17.8. The maximum Gasteiger partial charge on any atom is 0.263 e. The predicted octanol–water partition coefficient (Wildman–Crippen LogP) is 3.78. The van der Waals surface area contributed by atoms with E-state index in [0.717, 1.165) is 17.3 Å². The Labute approximate surface area is 151 Å². The van der Waals surface area contributed by atoms with E-state index in [2.05, 4.69) is 20.2 Å². The van der Waals surface area contributed by atoms with Gasteiger partial charge in [0.2, 0.25) is 0 Å². The molecular weight excluding hydrogens is 355 g/mol. The van der Waals surface area contributed by atoms with Crippen LogP contribution in [0.2, 0.25) is 0 Å². The fourth-order valence-corrected chi connectivity index (χ4v) is 3.30. The van der Waals surface area contributed by atoms with Crippen LogP contribution in [-0.4, -0.2) is 18.6 Å². The summed E-state index contributed by atoms with van der Waals surface area (Å²) in [7, 11) is -3.87. The first-order valence-electron chi connectivity index (χ1n) is 7.80. The predicted molar refractivity (Wildman–Crippen MR) is 98.4 cm³/mol. The van der Waals surface area contributed by atoms with Gasteiger partial charge in [0.15, 0.2) is 11.6 Å². The van der Waals surface area contributed by atoms with E-state index in [1.54, 1.807) is 6.07 Å². The standard InChI is InChI=1S/C18H17FN4O2S/c1-12-3-5-14(6-4-12)20-17-9-10-18(22-21-17)23-26(24,25)15-7-8-16(19)13(2)11-15/h3-11H,1-2H3,(H,20,21)(H,22,23). The highest BCUT2D eigenvalue weighted by Crippen LogP contribution is 2.19. The fourth-order valence-electron chi connectivity index (χ4n) is 2.22. The molecule has 134 valence electrons. The van der Waals surface area contributed by atoms with Crippen molar-refractivity contribution in [1.29, 1.82) is 0 Å². The molecule has 0 unspecified atom stereocenters. The largest absolute Gasteiger partial charge is 0.339 e. The summed E-state index contributed by atoms with van der Waals surface area (Å²) in [4.78, 5) is -0.0416. The Morgan fingerprint density at radius 2 is 1.54 bits per heavy atom. The molecule has 0 aliphatic carbocycles. The Balaban J connectivity index is 1.73. The minimum atomic E-state index is -3.87. The molecule has 3 aromatic rings. The molecule has 0 radical (unpaired) electrons. The monoisotopic (exact) mass is 372 g/mol. The summed E-state index contributed by atoms with van der Waals surface area (Å²) in [6, 6.07) is 14.4. The lowest BCUT2D eigenvalue weighted by atomic mass is 10.2. The van der Waals surface area contributed by atoms with E-state index in [4.69, 9.17) is 0 Å². The molecular formula is C18H17FN4O2S. The second-order valence-electron chi connectivity index (χ2n) is 5.81. The molecule has 0 saturated heterocycles. The number of sulfonamides is 1. The molecule has 0 atom stereocenters. The zero-order valence-electron chi connectivity index (χ0n) is 14.2. The second kappa shape index (κ2) is 7.09. The smallest absolute Gasteiger partial charge is 0.263 e. The SMILES string of the molecule is Cc1ccc(Nc2ccc(NS(=O)(=O)c3ccc(F)c(C)c3)nn2)cc1. The van der Waals surface area contributed by atoms with Crippen LogP contribution in [0.4, 0.5) is 21.7 Å². The summed E-state index contributed by atoms with van der Waals surface area (Å²) in [6.07, 6.45) is 0. The molecule has 3 rings (SSSR count). The number of nitrogens with zero attached hydrogens (tertiary/aromatic N) is 2. The van der Waals surface area contributed by atoms with Crippen LogP contribution in [-0.2, 0) is 10.0 Å². The summed E-state index contributed by atoms with van der Waals surface area (Å²) in [5.74, 6) is 0.0890. The van der Waals surface area contributed by atoms with Crippen molar-refractivity contribution in [1.82, 2.24) is 10.2 Å². The van der Waals surface area contributed by atoms with E-state index in [1.165, 1.54) is 25.1 Å². The highest BCUT2D eigenvalue weighted by atomic mass is 32.2. The molecule has 1 aromatic heterocycles. The molecule has 0 aliphatic heterocycles. The van der Waals surface area contributed by atoms with Crippen LogP contribution >= 0.6 is 0 Å². The van der Waals surface area contributed by atoms with E-state index < -0.39 is 15.8 Å². The zero-order valence-corrected chi connectivity index (χ0v) is 15.0. The third kappa shape index (κ3) is 4.15. The molecule has 0 spiro atoms. The van der Waals surface area contributed by atoms with Gasteiger partial charge in [-0.1, -0.05) is 17.7 Å². The van der Waals surface area contributed by atoms with Crippen molar-refractivity contribution in [3.8, 4) is 0 Å². The van der Waals surface area contributed by atoms with Crippen LogP contribution in [0.25, 0.3) is 0 Å². The maximum atomic E-state index is 13.3. The third-order valence-corrected chi connectivity index (χ3v) is 5.02. The van der Waals surface area contributed by atoms with Crippen molar-refractivity contribution in [3.63, 3.8) is 0 Å². The number of rotatable bonds is 5. The minimum absolute atomic E-state index is 0.0416. The van der Waals surface area contributed by atoms with Crippen molar-refractivity contribution in [3.05, 3.63) is 71.5 Å². The van der Waals surface area contributed by atoms with E-state index >= 15 is 0 Å². The molecule has 1 heterocycles. The highest BCUT2D eigenvalue weighted by molar-refractivity contribution is 7.92. The van der Waals surface area contributed by atoms with Gasteiger partial charge in [-0.15, -0.1) is 10.2 Å². The van der Waals surface area contributed by atoms with Crippen molar-refractivity contribution in [2.45, 2.75) is 18.7 Å². The normalized spacial score (nSPS) is 11.2. The first-order valence-corrected chi connectivity index (χ1v) is 9.28. The molecule has 0 saturated carbocycles. The van der Waals surface area contributed by atoms with Crippen molar-refractivity contribution < 1.29 is 12.8 Å². The molecule has 2 aromatic carbocycles. The second-order valence-corrected chi connectivity index (χ2v) is 7.49. The quantitative estimate of drug-likeness (QED) is 0.712. The zero-order chi connectivity index (χ0) is 18.7. The molecule has 0 bridgehead atoms. The van der Waals surface area contributed by atoms with Crippen LogP contribution in [0, 0.1) is 19.7 Å². The Bertz CT molecular complexity index is 1020. The first-order chi connectivity index (χ1) is 12.3. The van der Waals surface area contributed by atoms with Crippen LogP contribution in [0.3, 0.4) is 0 Å². The number of aryl methyl sites for hydroxylation is 2. The summed E-state index contributed by atoms with van der Waals surface area (Å²) < 4.78 is 40.4. The summed E-state index contributed by atoms with van der Waals surface area (Å²) in [5, 5.41) is 10.9. The third-order valence-electron chi connectivity index (χ3n) is 3.67. The van der Waals surface area contributed by atoms with Gasteiger partial charge in [0, 0.05) is 5.69 Å². The number of aromatic nitrogens is 2. The van der Waals surface area contributed by atoms with Gasteiger partial charge in [0.05, 0.1) is 4.90 Å². The number of nitrogens with one attached hydrogen (secondary N) is 2. The number of hydrogen-bond acceptors (Lipinski definition) is 5. The van der Waals surface area contributed by atoms with Crippen molar-refractivity contribution >= 4 is 27.3 Å². The van der Waals surface area contributed by atoms with Gasteiger partial charge in [-0.2, -0.15) is 0 Å². The van der Waals surface area contributed by atoms with Crippen LogP contribution in [0.15, 0.2) is 59.5 Å². The average molecular weight is 372 g/mol. The van der Waals surface area contributed by atoms with Crippen molar-refractivity contribution in [2.24, 2.45) is 0 Å². The summed E-state index contributed by atoms with van der Waals surface area (Å²) in [5.41, 5.74) is 2.24. The molecule has 2 N–H and O–H groups in total. The molecule has 0 fully saturated rings. The number of hydrogen-bond donors (Lipinski definition) is 2. The van der Waals surface area contributed by atoms with E-state index in [-0.39, 0.29) is 16.3 Å². The lowest BCUT2D eigenvalue weighted by Gasteiger charge is -2.09. The van der Waals surface area contributed by atoms with Gasteiger partial charge in [-0.25, -0.2) is 12.8 Å². The van der Waals surface area contributed by atoms with E-state index in [9.17, 15) is 12.8 Å². The number of halogens is 1. The highest BCUT2D eigenvalue weighted by Gasteiger charge is 2.16. The summed E-state index contributed by atoms with van der Waals surface area (Å²) >= 11 is 0. The van der Waals surface area contributed by atoms with Gasteiger partial charge in [-0.3, -0.25) is 4.72 Å². The van der Waals surface area contributed by atoms with Crippen molar-refractivity contribution in [2.75, 3.05) is 10.0 Å². The van der Waals surface area contributed by atoms with Crippen LogP contribution < -0.4 is 10.0 Å². The Morgan fingerprint density at radius 3 is 2.15 bits per heavy atom. The van der Waals surface area contributed by atoms with Gasteiger partial charge in [-0.05, 0) is 61.9 Å². The van der Waals surface area contributed by atoms with Crippen LogP contribution in [0.1, 0.15) is 11.1 Å². The number of benzene rings is 2.